The fraction of sp³-hybridized carbons (Fsp3) is 0.174. The zero-order valence-electron chi connectivity index (χ0n) is 16.9. The van der Waals surface area contributed by atoms with Gasteiger partial charge in [0.05, 0.1) is 11.9 Å². The topological polar surface area (TPSA) is 105 Å². The van der Waals surface area contributed by atoms with Gasteiger partial charge in [0.15, 0.2) is 23.2 Å². The molecule has 0 saturated carbocycles. The predicted octanol–water partition coefficient (Wildman–Crippen LogP) is 2.52. The fourth-order valence-corrected chi connectivity index (χ4v) is 3.52. The van der Waals surface area contributed by atoms with Gasteiger partial charge in [-0.05, 0) is 36.4 Å². The molecule has 1 aliphatic heterocycles. The summed E-state index contributed by atoms with van der Waals surface area (Å²) >= 11 is 0. The first kappa shape index (κ1) is 21.0. The van der Waals surface area contributed by atoms with Crippen LogP contribution in [-0.4, -0.2) is 48.0 Å². The average molecular weight is 449 g/mol. The second-order valence-electron chi connectivity index (χ2n) is 7.36. The lowest BCUT2D eigenvalue weighted by Crippen LogP contribution is -2.30. The van der Waals surface area contributed by atoms with Crippen LogP contribution in [0.2, 0.25) is 0 Å². The van der Waals surface area contributed by atoms with E-state index in [2.05, 4.69) is 32.1 Å². The summed E-state index contributed by atoms with van der Waals surface area (Å²) < 4.78 is 34.2. The summed E-state index contributed by atoms with van der Waals surface area (Å²) in [6, 6.07) is 11.7. The molecule has 0 aliphatic carbocycles. The number of hydrogen-bond acceptors (Lipinski definition) is 7. The number of ether oxygens (including phenoxy) is 1. The molecule has 0 spiro atoms. The second-order valence-corrected chi connectivity index (χ2v) is 7.36. The Bertz CT molecular complexity index is 1370. The van der Waals surface area contributed by atoms with Crippen molar-refractivity contribution in [2.45, 2.75) is 24.5 Å². The van der Waals surface area contributed by atoms with Gasteiger partial charge < -0.3 is 20.3 Å². The SMILES string of the molecule is O[C@@H]1[C@H](O)[C@@H](C#Cc2ccccc2F)O[C@H]1n1cnc2c(Nc3ccc(F)cc3)ncnc21. The molecule has 1 fully saturated rings. The van der Waals surface area contributed by atoms with E-state index in [1.165, 1.54) is 41.5 Å². The van der Waals surface area contributed by atoms with Crippen LogP contribution in [0.15, 0.2) is 61.2 Å². The molecule has 3 N–H and O–H groups in total. The summed E-state index contributed by atoms with van der Waals surface area (Å²) in [5.41, 5.74) is 1.48. The summed E-state index contributed by atoms with van der Waals surface area (Å²) in [5.74, 6) is 4.83. The summed E-state index contributed by atoms with van der Waals surface area (Å²) in [4.78, 5) is 12.7. The van der Waals surface area contributed by atoms with Gasteiger partial charge in [0, 0.05) is 5.69 Å². The number of aromatic nitrogens is 4. The van der Waals surface area contributed by atoms with E-state index >= 15 is 0 Å². The lowest BCUT2D eigenvalue weighted by Gasteiger charge is -2.16. The molecule has 0 amide bonds. The number of aliphatic hydroxyl groups is 2. The molecule has 4 atom stereocenters. The van der Waals surface area contributed by atoms with Gasteiger partial charge >= 0.3 is 0 Å². The van der Waals surface area contributed by atoms with Crippen molar-refractivity contribution in [3.8, 4) is 11.8 Å². The molecular weight excluding hydrogens is 432 g/mol. The Labute approximate surface area is 186 Å². The predicted molar refractivity (Wildman–Crippen MR) is 114 cm³/mol. The highest BCUT2D eigenvalue weighted by molar-refractivity contribution is 5.85. The van der Waals surface area contributed by atoms with Crippen LogP contribution in [0.3, 0.4) is 0 Å². The van der Waals surface area contributed by atoms with Gasteiger partial charge in [-0.1, -0.05) is 24.0 Å². The number of halogens is 2. The first-order chi connectivity index (χ1) is 16.0. The van der Waals surface area contributed by atoms with Gasteiger partial charge in [-0.25, -0.2) is 23.7 Å². The number of rotatable bonds is 3. The van der Waals surface area contributed by atoms with Crippen molar-refractivity contribution >= 4 is 22.7 Å². The van der Waals surface area contributed by atoms with Crippen LogP contribution in [0.25, 0.3) is 11.2 Å². The monoisotopic (exact) mass is 449 g/mol. The van der Waals surface area contributed by atoms with Crippen molar-refractivity contribution in [3.05, 3.63) is 78.4 Å². The van der Waals surface area contributed by atoms with Gasteiger partial charge in [-0.15, -0.1) is 0 Å². The molecule has 3 heterocycles. The Kier molecular flexibility index (Phi) is 5.43. The van der Waals surface area contributed by atoms with E-state index in [1.807, 2.05) is 0 Å². The minimum Gasteiger partial charge on any atom is -0.386 e. The van der Waals surface area contributed by atoms with Crippen LogP contribution >= 0.6 is 0 Å². The quantitative estimate of drug-likeness (QED) is 0.413. The molecular formula is C23H17F2N5O3. The number of benzene rings is 2. The smallest absolute Gasteiger partial charge is 0.167 e. The van der Waals surface area contributed by atoms with E-state index in [-0.39, 0.29) is 11.4 Å². The Morgan fingerprint density at radius 1 is 0.970 bits per heavy atom. The second kappa shape index (κ2) is 8.55. The van der Waals surface area contributed by atoms with Crippen LogP contribution in [0.4, 0.5) is 20.3 Å². The maximum atomic E-state index is 13.8. The maximum absolute atomic E-state index is 13.8. The number of imidazole rings is 1. The van der Waals surface area contributed by atoms with Crippen molar-refractivity contribution in [2.24, 2.45) is 0 Å². The number of nitrogens with one attached hydrogen (secondary N) is 1. The molecule has 0 bridgehead atoms. The van der Waals surface area contributed by atoms with E-state index in [1.54, 1.807) is 24.3 Å². The van der Waals surface area contributed by atoms with Gasteiger partial charge in [-0.3, -0.25) is 4.57 Å². The van der Waals surface area contributed by atoms with Crippen molar-refractivity contribution in [1.82, 2.24) is 19.5 Å². The van der Waals surface area contributed by atoms with Crippen LogP contribution in [-0.2, 0) is 4.74 Å². The first-order valence-electron chi connectivity index (χ1n) is 9.99. The first-order valence-corrected chi connectivity index (χ1v) is 9.99. The highest BCUT2D eigenvalue weighted by atomic mass is 19.1. The van der Waals surface area contributed by atoms with Crippen LogP contribution in [0.1, 0.15) is 11.8 Å². The number of fused-ring (bicyclic) bond motifs is 1. The van der Waals surface area contributed by atoms with Crippen LogP contribution in [0.5, 0.6) is 0 Å². The van der Waals surface area contributed by atoms with E-state index in [0.29, 0.717) is 22.7 Å². The number of anilines is 2. The van der Waals surface area contributed by atoms with Crippen molar-refractivity contribution in [2.75, 3.05) is 5.32 Å². The highest BCUT2D eigenvalue weighted by Gasteiger charge is 2.43. The van der Waals surface area contributed by atoms with E-state index < -0.39 is 30.4 Å². The third-order valence-corrected chi connectivity index (χ3v) is 5.20. The Hall–Kier alpha value is -3.91. The zero-order valence-corrected chi connectivity index (χ0v) is 16.9. The van der Waals surface area contributed by atoms with Crippen molar-refractivity contribution in [3.63, 3.8) is 0 Å². The molecule has 5 rings (SSSR count). The van der Waals surface area contributed by atoms with Crippen molar-refractivity contribution in [1.29, 1.82) is 0 Å². The summed E-state index contributed by atoms with van der Waals surface area (Å²) in [7, 11) is 0. The van der Waals surface area contributed by atoms with Gasteiger partial charge in [0.25, 0.3) is 0 Å². The number of nitrogens with zero attached hydrogens (tertiary/aromatic N) is 4. The lowest BCUT2D eigenvalue weighted by atomic mass is 10.1. The van der Waals surface area contributed by atoms with Gasteiger partial charge in [-0.2, -0.15) is 0 Å². The standard InChI is InChI=1S/C23H17F2N5O3/c24-14-6-8-15(9-7-14)29-21-18-22(27-11-26-21)30(12-28-18)23-20(32)19(31)17(33-23)10-5-13-3-1-2-4-16(13)25/h1-4,6-9,11-12,17,19-20,23,31-32H,(H,26,27,29)/t17-,19-,20-,23-/m1/s1. The lowest BCUT2D eigenvalue weighted by molar-refractivity contribution is -0.0230. The molecule has 1 saturated heterocycles. The average Bonchev–Trinajstić information content (AvgIpc) is 3.37. The van der Waals surface area contributed by atoms with Crippen LogP contribution < -0.4 is 5.32 Å². The van der Waals surface area contributed by atoms with E-state index in [9.17, 15) is 19.0 Å². The molecule has 1 aliphatic rings. The Morgan fingerprint density at radius 3 is 2.55 bits per heavy atom. The molecule has 4 aromatic rings. The molecule has 0 unspecified atom stereocenters. The largest absolute Gasteiger partial charge is 0.386 e. The highest BCUT2D eigenvalue weighted by Crippen LogP contribution is 2.32. The number of aliphatic hydroxyl groups excluding tert-OH is 2. The molecule has 33 heavy (non-hydrogen) atoms. The Morgan fingerprint density at radius 2 is 1.76 bits per heavy atom. The van der Waals surface area contributed by atoms with E-state index in [0.717, 1.165) is 0 Å². The molecule has 0 radical (unpaired) electrons. The van der Waals surface area contributed by atoms with Gasteiger partial charge in [0.1, 0.15) is 36.3 Å². The Balaban J connectivity index is 1.42. The minimum absolute atomic E-state index is 0.156. The normalized spacial score (nSPS) is 22.2. The summed E-state index contributed by atoms with van der Waals surface area (Å²) in [5, 5.41) is 24.1. The van der Waals surface area contributed by atoms with Crippen molar-refractivity contribution < 1.29 is 23.7 Å². The third kappa shape index (κ3) is 4.01. The van der Waals surface area contributed by atoms with Crippen LogP contribution in [0, 0.1) is 23.5 Å². The summed E-state index contributed by atoms with van der Waals surface area (Å²) in [6.45, 7) is 0. The molecule has 2 aromatic heterocycles. The maximum Gasteiger partial charge on any atom is 0.167 e. The van der Waals surface area contributed by atoms with E-state index in [4.69, 9.17) is 4.74 Å². The number of hydrogen-bond donors (Lipinski definition) is 3. The summed E-state index contributed by atoms with van der Waals surface area (Å²) in [6.07, 6.45) is -2.03. The third-order valence-electron chi connectivity index (χ3n) is 5.20. The zero-order chi connectivity index (χ0) is 22.9. The molecule has 166 valence electrons. The van der Waals surface area contributed by atoms with Gasteiger partial charge in [0.2, 0.25) is 0 Å². The molecule has 2 aromatic carbocycles. The molecule has 8 nitrogen and oxygen atoms in total. The minimum atomic E-state index is -1.33. The fourth-order valence-electron chi connectivity index (χ4n) is 3.52. The molecule has 10 heteroatoms.